The van der Waals surface area contributed by atoms with Crippen LogP contribution in [0.4, 0.5) is 0 Å². The molecular weight excluding hydrogens is 328 g/mol. The number of carbonyl (C=O) groups is 1. The molecule has 1 nitrogen and oxygen atoms in total. The van der Waals surface area contributed by atoms with Crippen molar-refractivity contribution < 1.29 is 4.79 Å². The van der Waals surface area contributed by atoms with E-state index in [0.29, 0.717) is 5.56 Å². The summed E-state index contributed by atoms with van der Waals surface area (Å²) < 4.78 is 0.970. The summed E-state index contributed by atoms with van der Waals surface area (Å²) in [6.45, 7) is 0. The van der Waals surface area contributed by atoms with E-state index in [0.717, 1.165) is 4.47 Å². The largest absolute Gasteiger partial charge is 0.283 e. The minimum Gasteiger partial charge on any atom is -0.283 e. The van der Waals surface area contributed by atoms with Crippen LogP contribution in [0.3, 0.4) is 0 Å². The molecule has 0 aliphatic heterocycles. The first-order chi connectivity index (χ1) is 6.17. The first-order valence-corrected chi connectivity index (χ1v) is 9.59. The molecule has 1 aromatic carbocycles. The third-order valence-electron chi connectivity index (χ3n) is 1.65. The Kier molecular flexibility index (Phi) is 3.10. The van der Waals surface area contributed by atoms with E-state index < -0.39 is 7.18 Å². The molecular formula is C10H12Br2OS. The fourth-order valence-electron chi connectivity index (χ4n) is 0.950. The Bertz CT molecular complexity index is 417. The van der Waals surface area contributed by atoms with Crippen LogP contribution in [-0.2, 0) is 0 Å². The van der Waals surface area contributed by atoms with Crippen molar-refractivity contribution in [2.75, 3.05) is 12.5 Å². The van der Waals surface area contributed by atoms with Crippen molar-refractivity contribution >= 4 is 48.9 Å². The maximum absolute atomic E-state index is 12.0. The summed E-state index contributed by atoms with van der Waals surface area (Å²) >= 11 is 6.77. The summed E-state index contributed by atoms with van der Waals surface area (Å²) in [6, 6.07) is 7.33. The SMILES string of the molecule is C=S(C)(C)(Br)C(=O)c1ccc(Br)cc1. The normalized spacial score (nSPS) is 14.4. The Labute approximate surface area is 100 Å². The first-order valence-electron chi connectivity index (χ1n) is 3.93. The Balaban J connectivity index is 3.16. The van der Waals surface area contributed by atoms with Crippen LogP contribution in [0.1, 0.15) is 10.4 Å². The van der Waals surface area contributed by atoms with Gasteiger partial charge in [0, 0.05) is 10.0 Å². The standard InChI is InChI=1S/C10H12Br2OS/c1-14(2,3,12)10(13)8-4-6-9(11)7-5-8/h4-7H,1H2,2-3H3. The number of carbonyl (C=O) groups excluding carboxylic acids is 1. The topological polar surface area (TPSA) is 17.1 Å². The molecule has 0 bridgehead atoms. The summed E-state index contributed by atoms with van der Waals surface area (Å²) in [5.41, 5.74) is 0.701. The number of rotatable bonds is 1. The van der Waals surface area contributed by atoms with Crippen molar-refractivity contribution in [2.24, 2.45) is 0 Å². The molecule has 0 unspecified atom stereocenters. The van der Waals surface area contributed by atoms with Crippen molar-refractivity contribution in [3.8, 4) is 0 Å². The van der Waals surface area contributed by atoms with Gasteiger partial charge in [-0.05, 0) is 51.6 Å². The maximum Gasteiger partial charge on any atom is 0.206 e. The van der Waals surface area contributed by atoms with Crippen LogP contribution in [0.15, 0.2) is 28.7 Å². The van der Waals surface area contributed by atoms with E-state index >= 15 is 0 Å². The second-order valence-corrected chi connectivity index (χ2v) is 15.4. The highest BCUT2D eigenvalue weighted by Gasteiger charge is 2.25. The zero-order valence-corrected chi connectivity index (χ0v) is 12.1. The van der Waals surface area contributed by atoms with Gasteiger partial charge < -0.3 is 0 Å². The molecule has 0 radical (unpaired) electrons. The summed E-state index contributed by atoms with van der Waals surface area (Å²) in [4.78, 5) is 12.0. The molecule has 0 fully saturated rings. The monoisotopic (exact) mass is 338 g/mol. The van der Waals surface area contributed by atoms with Crippen LogP contribution in [0.5, 0.6) is 0 Å². The molecule has 0 atom stereocenters. The second-order valence-electron chi connectivity index (χ2n) is 3.83. The van der Waals surface area contributed by atoms with E-state index in [1.165, 1.54) is 0 Å². The minimum atomic E-state index is -2.33. The average molecular weight is 340 g/mol. The molecule has 0 spiro atoms. The van der Waals surface area contributed by atoms with Gasteiger partial charge in [0.05, 0.1) is 0 Å². The van der Waals surface area contributed by atoms with Crippen LogP contribution in [0, 0.1) is 0 Å². The van der Waals surface area contributed by atoms with Gasteiger partial charge in [-0.1, -0.05) is 21.8 Å². The summed E-state index contributed by atoms with van der Waals surface area (Å²) in [5.74, 6) is 3.96. The lowest BCUT2D eigenvalue weighted by Gasteiger charge is -2.30. The van der Waals surface area contributed by atoms with Gasteiger partial charge in [-0.15, -0.1) is 7.18 Å². The third kappa shape index (κ3) is 3.04. The van der Waals surface area contributed by atoms with E-state index in [4.69, 9.17) is 0 Å². The minimum absolute atomic E-state index is 0.0782. The van der Waals surface area contributed by atoms with Crippen LogP contribution in [0.25, 0.3) is 0 Å². The van der Waals surface area contributed by atoms with E-state index in [2.05, 4.69) is 36.6 Å². The van der Waals surface area contributed by atoms with Crippen molar-refractivity contribution in [1.82, 2.24) is 0 Å². The van der Waals surface area contributed by atoms with E-state index in [1.54, 1.807) is 0 Å². The van der Waals surface area contributed by atoms with Gasteiger partial charge in [-0.2, -0.15) is 0 Å². The highest BCUT2D eigenvalue weighted by Crippen LogP contribution is 2.59. The van der Waals surface area contributed by atoms with Gasteiger partial charge in [0.2, 0.25) is 5.12 Å². The lowest BCUT2D eigenvalue weighted by molar-refractivity contribution is 0.108. The van der Waals surface area contributed by atoms with Crippen LogP contribution >= 0.6 is 37.9 Å². The van der Waals surface area contributed by atoms with Gasteiger partial charge in [0.1, 0.15) is 0 Å². The molecule has 0 aliphatic carbocycles. The third-order valence-corrected chi connectivity index (χ3v) is 4.44. The maximum atomic E-state index is 12.0. The zero-order chi connectivity index (χ0) is 11.0. The molecule has 0 saturated carbocycles. The molecule has 78 valence electrons. The fraction of sp³-hybridized carbons (Fsp3) is 0.200. The Hall–Kier alpha value is 0.0700. The molecule has 0 N–H and O–H groups in total. The van der Waals surface area contributed by atoms with Crippen molar-refractivity contribution in [2.45, 2.75) is 0 Å². The second kappa shape index (κ2) is 3.58. The van der Waals surface area contributed by atoms with E-state index in [-0.39, 0.29) is 5.12 Å². The predicted molar refractivity (Wildman–Crippen MR) is 74.0 cm³/mol. The molecule has 1 aromatic rings. The number of hydrogen-bond acceptors (Lipinski definition) is 1. The molecule has 0 aromatic heterocycles. The van der Waals surface area contributed by atoms with Crippen LogP contribution in [-0.4, -0.2) is 23.5 Å². The highest BCUT2D eigenvalue weighted by molar-refractivity contribution is 9.63. The van der Waals surface area contributed by atoms with Crippen molar-refractivity contribution in [3.63, 3.8) is 0 Å². The van der Waals surface area contributed by atoms with E-state index in [9.17, 15) is 4.79 Å². The van der Waals surface area contributed by atoms with Crippen LogP contribution < -0.4 is 0 Å². The molecule has 14 heavy (non-hydrogen) atoms. The van der Waals surface area contributed by atoms with Crippen molar-refractivity contribution in [3.05, 3.63) is 34.3 Å². The molecule has 0 saturated heterocycles. The lowest BCUT2D eigenvalue weighted by Crippen LogP contribution is -2.10. The Morgan fingerprint density at radius 3 is 2.07 bits per heavy atom. The predicted octanol–water partition coefficient (Wildman–Crippen LogP) is 3.93. The summed E-state index contributed by atoms with van der Waals surface area (Å²) in [6.07, 6.45) is 3.73. The zero-order valence-electron chi connectivity index (χ0n) is 8.09. The summed E-state index contributed by atoms with van der Waals surface area (Å²) in [5, 5.41) is 0.0782. The number of hydrogen-bond donors (Lipinski definition) is 0. The average Bonchev–Trinajstić information content (AvgIpc) is 2.01. The smallest absolute Gasteiger partial charge is 0.206 e. The summed E-state index contributed by atoms with van der Waals surface area (Å²) in [7, 11) is -2.33. The van der Waals surface area contributed by atoms with Crippen molar-refractivity contribution in [1.29, 1.82) is 0 Å². The van der Waals surface area contributed by atoms with E-state index in [1.807, 2.05) is 36.8 Å². The molecule has 0 amide bonds. The molecule has 0 heterocycles. The quantitative estimate of drug-likeness (QED) is 0.708. The lowest BCUT2D eigenvalue weighted by atomic mass is 10.2. The number of benzene rings is 1. The Morgan fingerprint density at radius 2 is 1.71 bits per heavy atom. The molecule has 0 aliphatic rings. The fourth-order valence-corrected chi connectivity index (χ4v) is 2.64. The Morgan fingerprint density at radius 1 is 1.29 bits per heavy atom. The first kappa shape index (κ1) is 12.1. The van der Waals surface area contributed by atoms with Gasteiger partial charge in [0.25, 0.3) is 0 Å². The highest BCUT2D eigenvalue weighted by atomic mass is 79.9. The van der Waals surface area contributed by atoms with Gasteiger partial charge in [0.15, 0.2) is 0 Å². The van der Waals surface area contributed by atoms with Gasteiger partial charge >= 0.3 is 0 Å². The molecule has 1 rings (SSSR count). The van der Waals surface area contributed by atoms with Gasteiger partial charge in [-0.3, -0.25) is 4.79 Å². The number of halogens is 2. The molecule has 4 heteroatoms. The van der Waals surface area contributed by atoms with Gasteiger partial charge in [-0.25, -0.2) is 0 Å². The van der Waals surface area contributed by atoms with Crippen LogP contribution in [0.2, 0.25) is 0 Å².